The Balaban J connectivity index is 2.08. The number of aromatic nitrogens is 2. The third-order valence-electron chi connectivity index (χ3n) is 1.85. The number of rotatable bonds is 1. The van der Waals surface area contributed by atoms with E-state index in [1.54, 1.807) is 6.20 Å². The largest absolute Gasteiger partial charge is 0.369 e. The van der Waals surface area contributed by atoms with Gasteiger partial charge in [-0.25, -0.2) is 0 Å². The standard InChI is InChI=1S/C8H11N3O/c1-2-7(11-10-3-1)8-6-9-4-5-12-8/h1-3,8-9H,4-6H2. The molecule has 1 saturated heterocycles. The number of morpholine rings is 1. The van der Waals surface area contributed by atoms with Crippen molar-refractivity contribution in [3.63, 3.8) is 0 Å². The molecule has 0 amide bonds. The summed E-state index contributed by atoms with van der Waals surface area (Å²) in [7, 11) is 0. The normalized spacial score (nSPS) is 23.8. The van der Waals surface area contributed by atoms with Gasteiger partial charge in [-0.15, -0.1) is 0 Å². The monoisotopic (exact) mass is 165 g/mol. The van der Waals surface area contributed by atoms with Crippen LogP contribution < -0.4 is 5.32 Å². The highest BCUT2D eigenvalue weighted by atomic mass is 16.5. The maximum Gasteiger partial charge on any atom is 0.114 e. The number of hydrogen-bond donors (Lipinski definition) is 1. The molecule has 1 aliphatic heterocycles. The minimum atomic E-state index is 0.0763. The first kappa shape index (κ1) is 7.64. The lowest BCUT2D eigenvalue weighted by atomic mass is 10.2. The highest BCUT2D eigenvalue weighted by Crippen LogP contribution is 2.14. The Morgan fingerprint density at radius 3 is 3.25 bits per heavy atom. The fourth-order valence-electron chi connectivity index (χ4n) is 1.24. The quantitative estimate of drug-likeness (QED) is 0.643. The zero-order valence-corrected chi connectivity index (χ0v) is 6.73. The van der Waals surface area contributed by atoms with Crippen LogP contribution >= 0.6 is 0 Å². The molecule has 12 heavy (non-hydrogen) atoms. The first-order valence-corrected chi connectivity index (χ1v) is 4.07. The van der Waals surface area contributed by atoms with Crippen LogP contribution in [0.3, 0.4) is 0 Å². The third kappa shape index (κ3) is 1.60. The van der Waals surface area contributed by atoms with Crippen LogP contribution in [-0.4, -0.2) is 29.9 Å². The average Bonchev–Trinajstić information content (AvgIpc) is 2.21. The number of nitrogens with zero attached hydrogens (tertiary/aromatic N) is 2. The summed E-state index contributed by atoms with van der Waals surface area (Å²) >= 11 is 0. The zero-order chi connectivity index (χ0) is 8.23. The van der Waals surface area contributed by atoms with Crippen molar-refractivity contribution in [1.29, 1.82) is 0 Å². The second kappa shape index (κ2) is 3.60. The Labute approximate surface area is 71.0 Å². The van der Waals surface area contributed by atoms with E-state index in [4.69, 9.17) is 4.74 Å². The van der Waals surface area contributed by atoms with Crippen LogP contribution in [0.2, 0.25) is 0 Å². The summed E-state index contributed by atoms with van der Waals surface area (Å²) in [5.41, 5.74) is 0.907. The minimum absolute atomic E-state index is 0.0763. The number of nitrogens with one attached hydrogen (secondary N) is 1. The zero-order valence-electron chi connectivity index (χ0n) is 6.73. The predicted molar refractivity (Wildman–Crippen MR) is 43.6 cm³/mol. The van der Waals surface area contributed by atoms with Crippen molar-refractivity contribution >= 4 is 0 Å². The summed E-state index contributed by atoms with van der Waals surface area (Å²) in [6.45, 7) is 2.51. The van der Waals surface area contributed by atoms with E-state index in [-0.39, 0.29) is 6.10 Å². The molecule has 0 aliphatic carbocycles. The molecule has 0 aromatic carbocycles. The van der Waals surface area contributed by atoms with Crippen molar-refractivity contribution in [3.8, 4) is 0 Å². The topological polar surface area (TPSA) is 47.0 Å². The lowest BCUT2D eigenvalue weighted by Gasteiger charge is -2.22. The van der Waals surface area contributed by atoms with Gasteiger partial charge in [-0.1, -0.05) is 0 Å². The van der Waals surface area contributed by atoms with E-state index in [2.05, 4.69) is 15.5 Å². The van der Waals surface area contributed by atoms with Gasteiger partial charge in [-0.05, 0) is 12.1 Å². The van der Waals surface area contributed by atoms with Gasteiger partial charge >= 0.3 is 0 Å². The van der Waals surface area contributed by atoms with Crippen LogP contribution in [0.25, 0.3) is 0 Å². The highest BCUT2D eigenvalue weighted by Gasteiger charge is 2.16. The molecule has 2 heterocycles. The predicted octanol–water partition coefficient (Wildman–Crippen LogP) is 0.137. The Hall–Kier alpha value is -1.00. The van der Waals surface area contributed by atoms with E-state index < -0.39 is 0 Å². The van der Waals surface area contributed by atoms with Crippen molar-refractivity contribution < 1.29 is 4.74 Å². The van der Waals surface area contributed by atoms with E-state index in [0.29, 0.717) is 0 Å². The van der Waals surface area contributed by atoms with Gasteiger partial charge < -0.3 is 10.1 Å². The smallest absolute Gasteiger partial charge is 0.114 e. The molecule has 0 bridgehead atoms. The fourth-order valence-corrected chi connectivity index (χ4v) is 1.24. The Morgan fingerprint density at radius 2 is 2.58 bits per heavy atom. The molecule has 4 heteroatoms. The Kier molecular flexibility index (Phi) is 2.29. The highest BCUT2D eigenvalue weighted by molar-refractivity contribution is 5.04. The second-order valence-electron chi connectivity index (χ2n) is 2.71. The van der Waals surface area contributed by atoms with Crippen LogP contribution in [0.5, 0.6) is 0 Å². The van der Waals surface area contributed by atoms with Crippen molar-refractivity contribution in [2.45, 2.75) is 6.10 Å². The summed E-state index contributed by atoms with van der Waals surface area (Å²) in [6, 6.07) is 3.81. The van der Waals surface area contributed by atoms with Crippen LogP contribution in [0.4, 0.5) is 0 Å². The van der Waals surface area contributed by atoms with Gasteiger partial charge in [0.15, 0.2) is 0 Å². The van der Waals surface area contributed by atoms with Gasteiger partial charge in [-0.3, -0.25) is 0 Å². The van der Waals surface area contributed by atoms with Crippen LogP contribution in [0.15, 0.2) is 18.3 Å². The maximum absolute atomic E-state index is 5.50. The van der Waals surface area contributed by atoms with E-state index in [1.165, 1.54) is 0 Å². The molecular formula is C8H11N3O. The number of hydrogen-bond acceptors (Lipinski definition) is 4. The minimum Gasteiger partial charge on any atom is -0.369 e. The van der Waals surface area contributed by atoms with Gasteiger partial charge in [0.25, 0.3) is 0 Å². The van der Waals surface area contributed by atoms with Crippen molar-refractivity contribution in [2.75, 3.05) is 19.7 Å². The molecule has 1 aromatic heterocycles. The summed E-state index contributed by atoms with van der Waals surface area (Å²) < 4.78 is 5.50. The fraction of sp³-hybridized carbons (Fsp3) is 0.500. The molecule has 1 fully saturated rings. The summed E-state index contributed by atoms with van der Waals surface area (Å²) in [6.07, 6.45) is 1.74. The summed E-state index contributed by atoms with van der Waals surface area (Å²) in [4.78, 5) is 0. The van der Waals surface area contributed by atoms with Crippen LogP contribution in [0, 0.1) is 0 Å². The Bertz CT molecular complexity index is 233. The first-order chi connectivity index (χ1) is 5.97. The molecule has 2 rings (SSSR count). The summed E-state index contributed by atoms with van der Waals surface area (Å²) in [5.74, 6) is 0. The van der Waals surface area contributed by atoms with Gasteiger partial charge in [0.05, 0.1) is 12.3 Å². The van der Waals surface area contributed by atoms with Gasteiger partial charge in [0.1, 0.15) is 6.10 Å². The molecule has 4 nitrogen and oxygen atoms in total. The van der Waals surface area contributed by atoms with Crippen molar-refractivity contribution in [3.05, 3.63) is 24.0 Å². The van der Waals surface area contributed by atoms with Crippen LogP contribution in [0.1, 0.15) is 11.8 Å². The van der Waals surface area contributed by atoms with Gasteiger partial charge in [0.2, 0.25) is 0 Å². The molecule has 0 spiro atoms. The van der Waals surface area contributed by atoms with E-state index in [9.17, 15) is 0 Å². The SMILES string of the molecule is c1cnnc(C2CNCCO2)c1. The maximum atomic E-state index is 5.50. The molecular weight excluding hydrogens is 154 g/mol. The average molecular weight is 165 g/mol. The molecule has 0 radical (unpaired) electrons. The van der Waals surface area contributed by atoms with Gasteiger partial charge in [-0.2, -0.15) is 10.2 Å². The first-order valence-electron chi connectivity index (χ1n) is 4.07. The molecule has 1 N–H and O–H groups in total. The lowest BCUT2D eigenvalue weighted by Crippen LogP contribution is -2.33. The Morgan fingerprint density at radius 1 is 1.58 bits per heavy atom. The summed E-state index contributed by atoms with van der Waals surface area (Å²) in [5, 5.41) is 11.0. The molecule has 64 valence electrons. The van der Waals surface area contributed by atoms with E-state index in [1.807, 2.05) is 12.1 Å². The lowest BCUT2D eigenvalue weighted by molar-refractivity contribution is 0.0245. The second-order valence-corrected chi connectivity index (χ2v) is 2.71. The van der Waals surface area contributed by atoms with Gasteiger partial charge in [0, 0.05) is 19.3 Å². The van der Waals surface area contributed by atoms with Crippen molar-refractivity contribution in [2.24, 2.45) is 0 Å². The molecule has 1 aromatic rings. The molecule has 1 unspecified atom stereocenters. The van der Waals surface area contributed by atoms with Crippen molar-refractivity contribution in [1.82, 2.24) is 15.5 Å². The third-order valence-corrected chi connectivity index (χ3v) is 1.85. The molecule has 1 aliphatic rings. The molecule has 1 atom stereocenters. The van der Waals surface area contributed by atoms with Crippen LogP contribution in [-0.2, 0) is 4.74 Å². The molecule has 0 saturated carbocycles. The number of ether oxygens (including phenoxy) is 1. The van der Waals surface area contributed by atoms with E-state index in [0.717, 1.165) is 25.4 Å². The van der Waals surface area contributed by atoms with E-state index >= 15 is 0 Å².